The molecule has 2 aromatic carbocycles. The minimum Gasteiger partial charge on any atom is -0.366 e. The van der Waals surface area contributed by atoms with Gasteiger partial charge in [0.1, 0.15) is 22.8 Å². The Balaban J connectivity index is 1.44. The van der Waals surface area contributed by atoms with Crippen LogP contribution in [0, 0.1) is 11.6 Å². The summed E-state index contributed by atoms with van der Waals surface area (Å²) in [7, 11) is 0. The predicted octanol–water partition coefficient (Wildman–Crippen LogP) is 3.69. The summed E-state index contributed by atoms with van der Waals surface area (Å²) in [6.07, 6.45) is 1.59. The molecule has 3 heterocycles. The van der Waals surface area contributed by atoms with Crippen molar-refractivity contribution in [1.82, 2.24) is 14.5 Å². The number of carbonyl (C=O) groups is 1. The van der Waals surface area contributed by atoms with Gasteiger partial charge in [0.25, 0.3) is 11.5 Å². The molecule has 1 saturated heterocycles. The Hall–Kier alpha value is -4.07. The molecule has 5 rings (SSSR count). The highest BCUT2D eigenvalue weighted by molar-refractivity contribution is 5.97. The minimum absolute atomic E-state index is 0.0574. The van der Waals surface area contributed by atoms with Crippen molar-refractivity contribution in [1.29, 1.82) is 0 Å². The van der Waals surface area contributed by atoms with E-state index in [1.165, 1.54) is 22.8 Å². The Labute approximate surface area is 194 Å². The first-order valence-electron chi connectivity index (χ1n) is 11.0. The van der Waals surface area contributed by atoms with Crippen molar-refractivity contribution >= 4 is 22.6 Å². The second-order valence-electron chi connectivity index (χ2n) is 8.22. The number of piperazine rings is 1. The SMILES string of the molecule is O=C(c1cc2cccnc2n(Cc2ccc(F)cc2)c1=O)N1CCN(c2ccccc2F)CC1. The highest BCUT2D eigenvalue weighted by Gasteiger charge is 2.26. The molecule has 6 nitrogen and oxygen atoms in total. The number of para-hydroxylation sites is 1. The quantitative estimate of drug-likeness (QED) is 0.466. The van der Waals surface area contributed by atoms with Gasteiger partial charge in [0, 0.05) is 37.8 Å². The molecular weight excluding hydrogens is 438 g/mol. The number of benzene rings is 2. The van der Waals surface area contributed by atoms with Crippen molar-refractivity contribution in [2.75, 3.05) is 31.1 Å². The molecular formula is C26H22F2N4O2. The molecule has 0 unspecified atom stereocenters. The number of hydrogen-bond acceptors (Lipinski definition) is 4. The second-order valence-corrected chi connectivity index (χ2v) is 8.22. The maximum atomic E-state index is 14.1. The Morgan fingerprint density at radius 3 is 2.38 bits per heavy atom. The molecule has 1 fully saturated rings. The van der Waals surface area contributed by atoms with E-state index >= 15 is 0 Å². The van der Waals surface area contributed by atoms with Gasteiger partial charge < -0.3 is 9.80 Å². The van der Waals surface area contributed by atoms with E-state index in [-0.39, 0.29) is 29.6 Å². The molecule has 2 aromatic heterocycles. The second kappa shape index (κ2) is 9.05. The smallest absolute Gasteiger partial charge is 0.265 e. The van der Waals surface area contributed by atoms with E-state index in [0.29, 0.717) is 42.9 Å². The number of halogens is 2. The molecule has 34 heavy (non-hydrogen) atoms. The molecule has 0 aliphatic carbocycles. The fourth-order valence-corrected chi connectivity index (χ4v) is 4.31. The van der Waals surface area contributed by atoms with E-state index in [1.54, 1.807) is 59.6 Å². The van der Waals surface area contributed by atoms with E-state index in [9.17, 15) is 18.4 Å². The van der Waals surface area contributed by atoms with Crippen LogP contribution >= 0.6 is 0 Å². The maximum Gasteiger partial charge on any atom is 0.265 e. The van der Waals surface area contributed by atoms with Crippen LogP contribution in [0.3, 0.4) is 0 Å². The van der Waals surface area contributed by atoms with Crippen LogP contribution in [0.1, 0.15) is 15.9 Å². The van der Waals surface area contributed by atoms with Gasteiger partial charge in [-0.05, 0) is 48.0 Å². The molecule has 8 heteroatoms. The van der Waals surface area contributed by atoms with Crippen molar-refractivity contribution < 1.29 is 13.6 Å². The zero-order valence-corrected chi connectivity index (χ0v) is 18.3. The third-order valence-electron chi connectivity index (χ3n) is 6.09. The van der Waals surface area contributed by atoms with E-state index in [0.717, 1.165) is 5.56 Å². The van der Waals surface area contributed by atoms with Crippen LogP contribution in [0.2, 0.25) is 0 Å². The number of hydrogen-bond donors (Lipinski definition) is 0. The lowest BCUT2D eigenvalue weighted by Gasteiger charge is -2.36. The van der Waals surface area contributed by atoms with E-state index in [4.69, 9.17) is 0 Å². The predicted molar refractivity (Wildman–Crippen MR) is 126 cm³/mol. The van der Waals surface area contributed by atoms with Crippen LogP contribution in [0.4, 0.5) is 14.5 Å². The van der Waals surface area contributed by atoms with Crippen molar-refractivity contribution in [2.24, 2.45) is 0 Å². The Morgan fingerprint density at radius 2 is 1.65 bits per heavy atom. The summed E-state index contributed by atoms with van der Waals surface area (Å²) in [5.74, 6) is -1.03. The van der Waals surface area contributed by atoms with Crippen LogP contribution in [-0.2, 0) is 6.54 Å². The van der Waals surface area contributed by atoms with Crippen molar-refractivity contribution in [3.05, 3.63) is 106 Å². The van der Waals surface area contributed by atoms with Gasteiger partial charge in [-0.2, -0.15) is 0 Å². The van der Waals surface area contributed by atoms with Gasteiger partial charge in [0.15, 0.2) is 0 Å². The number of carbonyl (C=O) groups excluding carboxylic acids is 1. The number of aromatic nitrogens is 2. The number of pyridine rings is 2. The van der Waals surface area contributed by atoms with Crippen molar-refractivity contribution in [3.8, 4) is 0 Å². The first-order valence-corrected chi connectivity index (χ1v) is 11.0. The molecule has 0 spiro atoms. The summed E-state index contributed by atoms with van der Waals surface area (Å²) in [6, 6.07) is 17.6. The molecule has 1 aliphatic heterocycles. The fraction of sp³-hybridized carbons (Fsp3) is 0.192. The van der Waals surface area contributed by atoms with Crippen LogP contribution in [0.25, 0.3) is 11.0 Å². The zero-order chi connectivity index (χ0) is 23.7. The van der Waals surface area contributed by atoms with Crippen molar-refractivity contribution in [3.63, 3.8) is 0 Å². The molecule has 0 radical (unpaired) electrons. The van der Waals surface area contributed by atoms with E-state index < -0.39 is 5.56 Å². The van der Waals surface area contributed by atoms with E-state index in [1.807, 2.05) is 4.90 Å². The van der Waals surface area contributed by atoms with Crippen LogP contribution in [0.15, 0.2) is 77.7 Å². The molecule has 0 N–H and O–H groups in total. The number of amides is 1. The molecule has 4 aromatic rings. The zero-order valence-electron chi connectivity index (χ0n) is 18.3. The fourth-order valence-electron chi connectivity index (χ4n) is 4.31. The standard InChI is InChI=1S/C26H22F2N4O2/c27-20-9-7-18(8-10-20)17-32-24-19(4-3-11-29-24)16-21(26(32)34)25(33)31-14-12-30(13-15-31)23-6-2-1-5-22(23)28/h1-11,16H,12-15,17H2. The van der Waals surface area contributed by atoms with Crippen LogP contribution < -0.4 is 10.5 Å². The monoisotopic (exact) mass is 460 g/mol. The largest absolute Gasteiger partial charge is 0.366 e. The van der Waals surface area contributed by atoms with Gasteiger partial charge in [-0.25, -0.2) is 13.8 Å². The van der Waals surface area contributed by atoms with Crippen molar-refractivity contribution in [2.45, 2.75) is 6.54 Å². The summed E-state index contributed by atoms with van der Waals surface area (Å²) in [5, 5.41) is 0.664. The maximum absolute atomic E-state index is 14.1. The average molecular weight is 460 g/mol. The van der Waals surface area contributed by atoms with Gasteiger partial charge in [-0.3, -0.25) is 14.2 Å². The highest BCUT2D eigenvalue weighted by atomic mass is 19.1. The number of anilines is 1. The van der Waals surface area contributed by atoms with Gasteiger partial charge in [-0.1, -0.05) is 24.3 Å². The minimum atomic E-state index is -0.447. The summed E-state index contributed by atoms with van der Waals surface area (Å²) < 4.78 is 28.9. The first-order chi connectivity index (χ1) is 16.5. The lowest BCUT2D eigenvalue weighted by atomic mass is 10.1. The molecule has 0 atom stereocenters. The van der Waals surface area contributed by atoms with E-state index in [2.05, 4.69) is 4.98 Å². The third-order valence-corrected chi connectivity index (χ3v) is 6.09. The number of rotatable bonds is 4. The topological polar surface area (TPSA) is 58.4 Å². The molecule has 1 amide bonds. The summed E-state index contributed by atoms with van der Waals surface area (Å²) >= 11 is 0. The Morgan fingerprint density at radius 1 is 0.912 bits per heavy atom. The Bertz CT molecular complexity index is 1410. The number of nitrogens with zero attached hydrogens (tertiary/aromatic N) is 4. The Kier molecular flexibility index (Phi) is 5.79. The molecule has 0 saturated carbocycles. The van der Waals surface area contributed by atoms with Crippen LogP contribution in [0.5, 0.6) is 0 Å². The van der Waals surface area contributed by atoms with Crippen LogP contribution in [-0.4, -0.2) is 46.5 Å². The normalized spacial score (nSPS) is 13.9. The average Bonchev–Trinajstić information content (AvgIpc) is 2.87. The molecule has 172 valence electrons. The summed E-state index contributed by atoms with van der Waals surface area (Å²) in [6.45, 7) is 1.83. The third kappa shape index (κ3) is 4.14. The summed E-state index contributed by atoms with van der Waals surface area (Å²) in [4.78, 5) is 34.6. The lowest BCUT2D eigenvalue weighted by molar-refractivity contribution is 0.0744. The van der Waals surface area contributed by atoms with Gasteiger partial charge >= 0.3 is 0 Å². The van der Waals surface area contributed by atoms with Gasteiger partial charge in [-0.15, -0.1) is 0 Å². The molecule has 0 bridgehead atoms. The lowest BCUT2D eigenvalue weighted by Crippen LogP contribution is -2.50. The van der Waals surface area contributed by atoms with Gasteiger partial charge in [0.2, 0.25) is 0 Å². The molecule has 1 aliphatic rings. The van der Waals surface area contributed by atoms with Gasteiger partial charge in [0.05, 0.1) is 12.2 Å². The highest BCUT2D eigenvalue weighted by Crippen LogP contribution is 2.21. The first kappa shape index (κ1) is 21.8. The number of fused-ring (bicyclic) bond motifs is 1. The summed E-state index contributed by atoms with van der Waals surface area (Å²) in [5.41, 5.74) is 1.29.